The molecule has 0 radical (unpaired) electrons. The first kappa shape index (κ1) is 14.7. The highest BCUT2D eigenvalue weighted by molar-refractivity contribution is 7.09. The lowest BCUT2D eigenvalue weighted by Crippen LogP contribution is -2.23. The van der Waals surface area contributed by atoms with E-state index >= 15 is 0 Å². The number of amides is 2. The highest BCUT2D eigenvalue weighted by atomic mass is 32.1. The van der Waals surface area contributed by atoms with E-state index in [2.05, 4.69) is 10.3 Å². The second-order valence-electron chi connectivity index (χ2n) is 5.28. The van der Waals surface area contributed by atoms with Crippen LogP contribution in [0.1, 0.15) is 23.5 Å². The van der Waals surface area contributed by atoms with Crippen molar-refractivity contribution >= 4 is 34.5 Å². The molecule has 0 atom stereocenters. The van der Waals surface area contributed by atoms with E-state index in [1.54, 1.807) is 4.90 Å². The maximum absolute atomic E-state index is 12.1. The molecule has 1 fully saturated rings. The van der Waals surface area contributed by atoms with Gasteiger partial charge in [-0.1, -0.05) is 6.07 Å². The number of thiazole rings is 1. The Bertz CT molecular complexity index is 711. The molecule has 1 aliphatic rings. The van der Waals surface area contributed by atoms with Crippen LogP contribution in [0.5, 0.6) is 0 Å². The van der Waals surface area contributed by atoms with Crippen LogP contribution >= 0.6 is 11.3 Å². The number of aromatic nitrogens is 1. The summed E-state index contributed by atoms with van der Waals surface area (Å²) >= 11 is 1.54. The van der Waals surface area contributed by atoms with Gasteiger partial charge in [0.15, 0.2) is 0 Å². The second kappa shape index (κ2) is 6.27. The quantitative estimate of drug-likeness (QED) is 0.943. The van der Waals surface area contributed by atoms with E-state index in [0.717, 1.165) is 29.4 Å². The first-order valence-electron chi connectivity index (χ1n) is 7.23. The Balaban J connectivity index is 1.67. The molecule has 1 saturated heterocycles. The summed E-state index contributed by atoms with van der Waals surface area (Å²) in [7, 11) is 0. The molecule has 2 amide bonds. The van der Waals surface area contributed by atoms with Crippen LogP contribution in [0.4, 0.5) is 11.4 Å². The Hall–Kier alpha value is -2.21. The molecule has 1 aromatic heterocycles. The number of carbonyl (C=O) groups is 2. The number of nitrogens with zero attached hydrogens (tertiary/aromatic N) is 2. The molecule has 1 N–H and O–H groups in total. The Morgan fingerprint density at radius 1 is 1.45 bits per heavy atom. The number of nitrogens with one attached hydrogen (secondary N) is 1. The van der Waals surface area contributed by atoms with Gasteiger partial charge in [0.1, 0.15) is 0 Å². The van der Waals surface area contributed by atoms with Crippen LogP contribution < -0.4 is 10.2 Å². The predicted molar refractivity (Wildman–Crippen MR) is 87.2 cm³/mol. The summed E-state index contributed by atoms with van der Waals surface area (Å²) in [5, 5.41) is 5.72. The van der Waals surface area contributed by atoms with Gasteiger partial charge in [-0.2, -0.15) is 0 Å². The fourth-order valence-corrected chi connectivity index (χ4v) is 3.14. The van der Waals surface area contributed by atoms with Crippen LogP contribution in [0.25, 0.3) is 0 Å². The third-order valence-corrected chi connectivity index (χ3v) is 4.35. The minimum Gasteiger partial charge on any atom is -0.326 e. The molecule has 2 heterocycles. The fourth-order valence-electron chi connectivity index (χ4n) is 2.53. The smallest absolute Gasteiger partial charge is 0.230 e. The molecule has 0 bridgehead atoms. The fraction of sp³-hybridized carbons (Fsp3) is 0.312. The van der Waals surface area contributed by atoms with Gasteiger partial charge in [-0.3, -0.25) is 9.59 Å². The van der Waals surface area contributed by atoms with Crippen LogP contribution in [0.15, 0.2) is 29.6 Å². The molecule has 6 heteroatoms. The minimum absolute atomic E-state index is 0.102. The monoisotopic (exact) mass is 315 g/mol. The summed E-state index contributed by atoms with van der Waals surface area (Å²) in [5.74, 6) is 0.0385. The number of anilines is 2. The minimum atomic E-state index is -0.102. The topological polar surface area (TPSA) is 62.3 Å². The Kier molecular flexibility index (Phi) is 4.20. The van der Waals surface area contributed by atoms with Gasteiger partial charge >= 0.3 is 0 Å². The van der Waals surface area contributed by atoms with Gasteiger partial charge in [0.2, 0.25) is 11.8 Å². The molecule has 0 spiro atoms. The van der Waals surface area contributed by atoms with Crippen LogP contribution in [-0.4, -0.2) is 23.3 Å². The number of hydrogen-bond acceptors (Lipinski definition) is 4. The van der Waals surface area contributed by atoms with E-state index in [4.69, 9.17) is 0 Å². The number of rotatable bonds is 4. The van der Waals surface area contributed by atoms with E-state index in [1.807, 2.05) is 36.6 Å². The average Bonchev–Trinajstić information content (AvgIpc) is 3.07. The van der Waals surface area contributed by atoms with E-state index in [1.165, 1.54) is 11.3 Å². The molecule has 0 saturated carbocycles. The van der Waals surface area contributed by atoms with Crippen molar-refractivity contribution in [2.24, 2.45) is 0 Å². The third kappa shape index (κ3) is 3.33. The van der Waals surface area contributed by atoms with E-state index in [9.17, 15) is 9.59 Å². The van der Waals surface area contributed by atoms with Gasteiger partial charge in [0.25, 0.3) is 0 Å². The van der Waals surface area contributed by atoms with Crippen molar-refractivity contribution < 1.29 is 9.59 Å². The molecular weight excluding hydrogens is 298 g/mol. The average molecular weight is 315 g/mol. The summed E-state index contributed by atoms with van der Waals surface area (Å²) < 4.78 is 0. The third-order valence-electron chi connectivity index (χ3n) is 3.52. The van der Waals surface area contributed by atoms with Gasteiger partial charge in [-0.15, -0.1) is 11.3 Å². The zero-order valence-corrected chi connectivity index (χ0v) is 13.2. The van der Waals surface area contributed by atoms with Gasteiger partial charge in [0, 0.05) is 29.7 Å². The first-order chi connectivity index (χ1) is 10.6. The van der Waals surface area contributed by atoms with Gasteiger partial charge in [-0.25, -0.2) is 4.98 Å². The molecule has 3 rings (SSSR count). The zero-order valence-electron chi connectivity index (χ0n) is 12.3. The van der Waals surface area contributed by atoms with Crippen LogP contribution in [0.3, 0.4) is 0 Å². The Morgan fingerprint density at radius 2 is 2.32 bits per heavy atom. The number of benzene rings is 1. The maximum Gasteiger partial charge on any atom is 0.230 e. The molecular formula is C16H17N3O2S. The van der Waals surface area contributed by atoms with Gasteiger partial charge in [0.05, 0.1) is 17.1 Å². The van der Waals surface area contributed by atoms with Crippen molar-refractivity contribution in [1.29, 1.82) is 0 Å². The van der Waals surface area contributed by atoms with Crippen molar-refractivity contribution in [2.45, 2.75) is 26.2 Å². The lowest BCUT2D eigenvalue weighted by atomic mass is 10.2. The molecule has 1 aliphatic heterocycles. The molecule has 0 unspecified atom stereocenters. The molecule has 1 aromatic carbocycles. The summed E-state index contributed by atoms with van der Waals surface area (Å²) in [6, 6.07) is 7.41. The van der Waals surface area contributed by atoms with Gasteiger partial charge < -0.3 is 10.2 Å². The largest absolute Gasteiger partial charge is 0.326 e. The van der Waals surface area contributed by atoms with E-state index < -0.39 is 0 Å². The lowest BCUT2D eigenvalue weighted by molar-refractivity contribution is -0.117. The SMILES string of the molecule is Cc1nc(CC(=O)Nc2cccc(N3CCCC3=O)c2)cs1. The number of aryl methyl sites for hydroxylation is 1. The number of hydrogen-bond donors (Lipinski definition) is 1. The highest BCUT2D eigenvalue weighted by Gasteiger charge is 2.21. The summed E-state index contributed by atoms with van der Waals surface area (Å²) in [6.07, 6.45) is 1.75. The summed E-state index contributed by atoms with van der Waals surface area (Å²) in [4.78, 5) is 29.9. The van der Waals surface area contributed by atoms with E-state index in [0.29, 0.717) is 12.1 Å². The van der Waals surface area contributed by atoms with Crippen molar-refractivity contribution in [2.75, 3.05) is 16.8 Å². The standard InChI is InChI=1S/C16H17N3O2S/c1-11-17-13(10-22-11)9-15(20)18-12-4-2-5-14(8-12)19-7-3-6-16(19)21/h2,4-5,8,10H,3,6-7,9H2,1H3,(H,18,20). The summed E-state index contributed by atoms with van der Waals surface area (Å²) in [6.45, 7) is 2.66. The first-order valence-corrected chi connectivity index (χ1v) is 8.11. The highest BCUT2D eigenvalue weighted by Crippen LogP contribution is 2.24. The zero-order chi connectivity index (χ0) is 15.5. The maximum atomic E-state index is 12.1. The summed E-state index contributed by atoms with van der Waals surface area (Å²) in [5.41, 5.74) is 2.32. The Morgan fingerprint density at radius 3 is 3.00 bits per heavy atom. The van der Waals surface area contributed by atoms with Gasteiger partial charge in [-0.05, 0) is 31.5 Å². The van der Waals surface area contributed by atoms with Crippen molar-refractivity contribution in [3.05, 3.63) is 40.3 Å². The molecule has 0 aliphatic carbocycles. The van der Waals surface area contributed by atoms with Crippen LogP contribution in [0.2, 0.25) is 0 Å². The molecule has 5 nitrogen and oxygen atoms in total. The van der Waals surface area contributed by atoms with Crippen molar-refractivity contribution in [3.63, 3.8) is 0 Å². The normalized spacial score (nSPS) is 14.4. The van der Waals surface area contributed by atoms with E-state index in [-0.39, 0.29) is 18.2 Å². The molecule has 2 aromatic rings. The van der Waals surface area contributed by atoms with Crippen molar-refractivity contribution in [1.82, 2.24) is 4.98 Å². The molecule has 114 valence electrons. The van der Waals surface area contributed by atoms with Crippen molar-refractivity contribution in [3.8, 4) is 0 Å². The molecule has 22 heavy (non-hydrogen) atoms. The lowest BCUT2D eigenvalue weighted by Gasteiger charge is -2.16. The predicted octanol–water partition coefficient (Wildman–Crippen LogP) is 2.76. The number of carbonyl (C=O) groups excluding carboxylic acids is 2. The van der Waals surface area contributed by atoms with Crippen LogP contribution in [0, 0.1) is 6.92 Å². The van der Waals surface area contributed by atoms with Crippen LogP contribution in [-0.2, 0) is 16.0 Å². The Labute approximate surface area is 133 Å². The second-order valence-corrected chi connectivity index (χ2v) is 6.34.